The Bertz CT molecular complexity index is 393. The molecular weight excluding hydrogens is 252 g/mol. The third-order valence-electron chi connectivity index (χ3n) is 4.03. The first-order chi connectivity index (χ1) is 9.74. The van der Waals surface area contributed by atoms with Crippen molar-refractivity contribution in [2.45, 2.75) is 12.8 Å². The predicted molar refractivity (Wildman–Crippen MR) is 81.8 cm³/mol. The van der Waals surface area contributed by atoms with Crippen molar-refractivity contribution in [2.75, 3.05) is 54.0 Å². The van der Waals surface area contributed by atoms with E-state index in [4.69, 9.17) is 9.47 Å². The standard InChI is InChI=1S/C16H26N2O2/c1-17-10-12-18(13-11-17)9-5-6-14-15(19-2)7-4-8-16(14)20-3/h4,7-8H,5-6,9-13H2,1-3H3. The molecule has 4 heteroatoms. The van der Waals surface area contributed by atoms with E-state index < -0.39 is 0 Å². The molecule has 1 aromatic rings. The minimum absolute atomic E-state index is 0.933. The SMILES string of the molecule is COc1cccc(OC)c1CCCN1CCN(C)CC1. The highest BCUT2D eigenvalue weighted by Crippen LogP contribution is 2.29. The number of piperazine rings is 1. The number of nitrogens with zero attached hydrogens (tertiary/aromatic N) is 2. The molecule has 0 atom stereocenters. The molecular formula is C16H26N2O2. The van der Waals surface area contributed by atoms with Gasteiger partial charge in [-0.2, -0.15) is 0 Å². The fourth-order valence-electron chi connectivity index (χ4n) is 2.73. The molecule has 1 aromatic carbocycles. The lowest BCUT2D eigenvalue weighted by Crippen LogP contribution is -2.44. The average molecular weight is 278 g/mol. The van der Waals surface area contributed by atoms with Crippen molar-refractivity contribution in [3.8, 4) is 11.5 Å². The zero-order valence-electron chi connectivity index (χ0n) is 12.9. The summed E-state index contributed by atoms with van der Waals surface area (Å²) in [5.74, 6) is 1.87. The van der Waals surface area contributed by atoms with E-state index in [9.17, 15) is 0 Å². The number of methoxy groups -OCH3 is 2. The molecule has 1 aliphatic heterocycles. The maximum Gasteiger partial charge on any atom is 0.125 e. The third kappa shape index (κ3) is 3.87. The predicted octanol–water partition coefficient (Wildman–Crippen LogP) is 1.88. The van der Waals surface area contributed by atoms with Crippen molar-refractivity contribution < 1.29 is 9.47 Å². The second kappa shape index (κ2) is 7.50. The topological polar surface area (TPSA) is 24.9 Å². The molecule has 1 saturated heterocycles. The molecule has 0 unspecified atom stereocenters. The normalized spacial score (nSPS) is 17.1. The molecule has 1 heterocycles. The summed E-state index contributed by atoms with van der Waals surface area (Å²) in [6.07, 6.45) is 2.14. The Balaban J connectivity index is 1.87. The summed E-state index contributed by atoms with van der Waals surface area (Å²) in [6, 6.07) is 5.99. The number of hydrogen-bond acceptors (Lipinski definition) is 4. The van der Waals surface area contributed by atoms with Gasteiger partial charge in [0.2, 0.25) is 0 Å². The first kappa shape index (κ1) is 15.1. The second-order valence-electron chi connectivity index (χ2n) is 5.39. The Kier molecular flexibility index (Phi) is 5.68. The summed E-state index contributed by atoms with van der Waals surface area (Å²) < 4.78 is 10.9. The highest BCUT2D eigenvalue weighted by molar-refractivity contribution is 5.44. The summed E-state index contributed by atoms with van der Waals surface area (Å²) in [7, 11) is 5.63. The van der Waals surface area contributed by atoms with E-state index in [1.165, 1.54) is 31.7 Å². The summed E-state index contributed by atoms with van der Waals surface area (Å²) in [5.41, 5.74) is 1.19. The minimum Gasteiger partial charge on any atom is -0.496 e. The molecule has 0 bridgehead atoms. The van der Waals surface area contributed by atoms with Crippen LogP contribution in [0, 0.1) is 0 Å². The van der Waals surface area contributed by atoms with Crippen molar-refractivity contribution in [1.82, 2.24) is 9.80 Å². The summed E-state index contributed by atoms with van der Waals surface area (Å²) >= 11 is 0. The van der Waals surface area contributed by atoms with Gasteiger partial charge in [0.25, 0.3) is 0 Å². The monoisotopic (exact) mass is 278 g/mol. The molecule has 112 valence electrons. The maximum atomic E-state index is 5.44. The molecule has 0 aliphatic carbocycles. The number of rotatable bonds is 6. The van der Waals surface area contributed by atoms with Crippen LogP contribution in [0.2, 0.25) is 0 Å². The van der Waals surface area contributed by atoms with Crippen molar-refractivity contribution in [2.24, 2.45) is 0 Å². The van der Waals surface area contributed by atoms with Crippen LogP contribution >= 0.6 is 0 Å². The van der Waals surface area contributed by atoms with Gasteiger partial charge < -0.3 is 19.3 Å². The lowest BCUT2D eigenvalue weighted by molar-refractivity contribution is 0.153. The Morgan fingerprint density at radius 2 is 1.60 bits per heavy atom. The smallest absolute Gasteiger partial charge is 0.125 e. The Labute approximate surface area is 122 Å². The summed E-state index contributed by atoms with van der Waals surface area (Å²) in [4.78, 5) is 4.93. The van der Waals surface area contributed by atoms with Gasteiger partial charge in [-0.25, -0.2) is 0 Å². The average Bonchev–Trinajstić information content (AvgIpc) is 2.49. The molecule has 20 heavy (non-hydrogen) atoms. The molecule has 1 fully saturated rings. The van der Waals surface area contributed by atoms with Crippen molar-refractivity contribution in [3.63, 3.8) is 0 Å². The molecule has 2 rings (SSSR count). The van der Waals surface area contributed by atoms with Crippen molar-refractivity contribution in [1.29, 1.82) is 0 Å². The van der Waals surface area contributed by atoms with Gasteiger partial charge >= 0.3 is 0 Å². The van der Waals surface area contributed by atoms with Gasteiger partial charge in [-0.1, -0.05) is 6.07 Å². The lowest BCUT2D eigenvalue weighted by Gasteiger charge is -2.32. The molecule has 4 nitrogen and oxygen atoms in total. The van der Waals surface area contributed by atoms with E-state index in [-0.39, 0.29) is 0 Å². The molecule has 0 N–H and O–H groups in total. The first-order valence-corrected chi connectivity index (χ1v) is 7.35. The fourth-order valence-corrected chi connectivity index (χ4v) is 2.73. The number of likely N-dealkylation sites (N-methyl/N-ethyl adjacent to an activating group) is 1. The van der Waals surface area contributed by atoms with Gasteiger partial charge in [-0.15, -0.1) is 0 Å². The van der Waals surface area contributed by atoms with Gasteiger partial charge in [0, 0.05) is 31.7 Å². The summed E-state index contributed by atoms with van der Waals surface area (Å²) in [6.45, 7) is 5.87. The van der Waals surface area contributed by atoms with Crippen LogP contribution in [-0.2, 0) is 6.42 Å². The van der Waals surface area contributed by atoms with Crippen LogP contribution in [0.25, 0.3) is 0 Å². The van der Waals surface area contributed by atoms with Crippen LogP contribution in [0.15, 0.2) is 18.2 Å². The third-order valence-corrected chi connectivity index (χ3v) is 4.03. The summed E-state index contributed by atoms with van der Waals surface area (Å²) in [5, 5.41) is 0. The molecule has 0 spiro atoms. The van der Waals surface area contributed by atoms with E-state index in [2.05, 4.69) is 16.8 Å². The van der Waals surface area contributed by atoms with Gasteiger partial charge in [-0.3, -0.25) is 0 Å². The van der Waals surface area contributed by atoms with Crippen LogP contribution in [0.4, 0.5) is 0 Å². The Morgan fingerprint density at radius 1 is 1.00 bits per heavy atom. The largest absolute Gasteiger partial charge is 0.496 e. The number of benzene rings is 1. The van der Waals surface area contributed by atoms with E-state index >= 15 is 0 Å². The van der Waals surface area contributed by atoms with E-state index in [0.717, 1.165) is 30.9 Å². The molecule has 0 amide bonds. The Morgan fingerprint density at radius 3 is 2.15 bits per heavy atom. The highest BCUT2D eigenvalue weighted by Gasteiger charge is 2.14. The molecule has 0 aromatic heterocycles. The minimum atomic E-state index is 0.933. The number of ether oxygens (including phenoxy) is 2. The van der Waals surface area contributed by atoms with Crippen molar-refractivity contribution >= 4 is 0 Å². The first-order valence-electron chi connectivity index (χ1n) is 7.35. The van der Waals surface area contributed by atoms with Gasteiger partial charge in [0.05, 0.1) is 14.2 Å². The van der Waals surface area contributed by atoms with Gasteiger partial charge in [-0.05, 0) is 38.6 Å². The van der Waals surface area contributed by atoms with E-state index in [1.807, 2.05) is 18.2 Å². The van der Waals surface area contributed by atoms with E-state index in [0.29, 0.717) is 0 Å². The highest BCUT2D eigenvalue weighted by atomic mass is 16.5. The molecule has 1 aliphatic rings. The molecule has 0 saturated carbocycles. The van der Waals surface area contributed by atoms with Crippen LogP contribution in [0.5, 0.6) is 11.5 Å². The maximum absolute atomic E-state index is 5.44. The van der Waals surface area contributed by atoms with Crippen LogP contribution in [0.3, 0.4) is 0 Å². The van der Waals surface area contributed by atoms with Gasteiger partial charge in [0.15, 0.2) is 0 Å². The van der Waals surface area contributed by atoms with Crippen LogP contribution < -0.4 is 9.47 Å². The van der Waals surface area contributed by atoms with Gasteiger partial charge in [0.1, 0.15) is 11.5 Å². The second-order valence-corrected chi connectivity index (χ2v) is 5.39. The Hall–Kier alpha value is -1.26. The number of hydrogen-bond donors (Lipinski definition) is 0. The zero-order chi connectivity index (χ0) is 14.4. The van der Waals surface area contributed by atoms with Crippen LogP contribution in [-0.4, -0.2) is 63.8 Å². The quantitative estimate of drug-likeness (QED) is 0.793. The van der Waals surface area contributed by atoms with Crippen molar-refractivity contribution in [3.05, 3.63) is 23.8 Å². The molecule has 0 radical (unpaired) electrons. The fraction of sp³-hybridized carbons (Fsp3) is 0.625. The van der Waals surface area contributed by atoms with Crippen LogP contribution in [0.1, 0.15) is 12.0 Å². The zero-order valence-corrected chi connectivity index (χ0v) is 12.9. The lowest BCUT2D eigenvalue weighted by atomic mass is 10.1. The van der Waals surface area contributed by atoms with E-state index in [1.54, 1.807) is 14.2 Å².